The minimum atomic E-state index is -0.221. The van der Waals surface area contributed by atoms with E-state index in [0.717, 1.165) is 23.6 Å². The molecule has 1 amide bonds. The average molecular weight is 346 g/mol. The van der Waals surface area contributed by atoms with Crippen molar-refractivity contribution in [1.82, 2.24) is 24.1 Å². The number of aryl methyl sites for hydroxylation is 2. The van der Waals surface area contributed by atoms with E-state index in [-0.39, 0.29) is 5.91 Å². The van der Waals surface area contributed by atoms with E-state index in [1.807, 2.05) is 42.1 Å². The fourth-order valence-electron chi connectivity index (χ4n) is 2.90. The molecule has 0 aliphatic heterocycles. The Kier molecular flexibility index (Phi) is 3.96. The molecule has 4 rings (SSSR count). The molecule has 4 aromatic rings. The molecule has 1 aromatic carbocycles. The molecule has 0 bridgehead atoms. The Morgan fingerprint density at radius 1 is 1.19 bits per heavy atom. The molecular formula is C19H18N6O. The molecule has 3 heterocycles. The Hall–Kier alpha value is -3.48. The Morgan fingerprint density at radius 3 is 2.92 bits per heavy atom. The minimum Gasteiger partial charge on any atom is -0.331 e. The number of carbonyl (C=O) groups is 1. The lowest BCUT2D eigenvalue weighted by Gasteiger charge is -2.09. The van der Waals surface area contributed by atoms with Gasteiger partial charge in [-0.3, -0.25) is 4.79 Å². The second-order valence-electron chi connectivity index (χ2n) is 5.99. The van der Waals surface area contributed by atoms with Gasteiger partial charge in [-0.05, 0) is 25.1 Å². The molecule has 1 N–H and O–H groups in total. The number of anilines is 1. The van der Waals surface area contributed by atoms with Crippen molar-refractivity contribution < 1.29 is 4.79 Å². The van der Waals surface area contributed by atoms with Crippen molar-refractivity contribution in [3.8, 4) is 11.4 Å². The maximum atomic E-state index is 12.6. The molecule has 0 unspecified atom stereocenters. The van der Waals surface area contributed by atoms with E-state index >= 15 is 0 Å². The van der Waals surface area contributed by atoms with Gasteiger partial charge in [0.1, 0.15) is 11.3 Å². The van der Waals surface area contributed by atoms with E-state index in [9.17, 15) is 4.79 Å². The Balaban J connectivity index is 1.60. The van der Waals surface area contributed by atoms with Crippen molar-refractivity contribution in [3.05, 3.63) is 60.8 Å². The summed E-state index contributed by atoms with van der Waals surface area (Å²) in [4.78, 5) is 25.5. The first-order valence-corrected chi connectivity index (χ1v) is 8.35. The molecule has 0 radical (unpaired) electrons. The van der Waals surface area contributed by atoms with Gasteiger partial charge in [0.05, 0.1) is 11.9 Å². The molecule has 3 aromatic heterocycles. The summed E-state index contributed by atoms with van der Waals surface area (Å²) in [5.41, 5.74) is 3.57. The number of benzene rings is 1. The SMILES string of the molecule is CCn1ccnc1-c1cccc(NC(=O)c2cnc3c(c2)ncn3C)c1. The molecule has 26 heavy (non-hydrogen) atoms. The van der Waals surface area contributed by atoms with Gasteiger partial charge in [0.25, 0.3) is 5.91 Å². The fraction of sp³-hybridized carbons (Fsp3) is 0.158. The van der Waals surface area contributed by atoms with Crippen LogP contribution in [0.1, 0.15) is 17.3 Å². The highest BCUT2D eigenvalue weighted by Gasteiger charge is 2.11. The summed E-state index contributed by atoms with van der Waals surface area (Å²) in [5.74, 6) is 0.654. The molecule has 0 aliphatic rings. The average Bonchev–Trinajstić information content (AvgIpc) is 3.28. The third kappa shape index (κ3) is 2.83. The van der Waals surface area contributed by atoms with Crippen LogP contribution in [-0.2, 0) is 13.6 Å². The first-order chi connectivity index (χ1) is 12.7. The maximum Gasteiger partial charge on any atom is 0.257 e. The molecule has 7 heteroatoms. The van der Waals surface area contributed by atoms with Crippen molar-refractivity contribution >= 4 is 22.8 Å². The molecule has 0 fully saturated rings. The molecular weight excluding hydrogens is 328 g/mol. The van der Waals surface area contributed by atoms with Gasteiger partial charge in [0, 0.05) is 43.4 Å². The van der Waals surface area contributed by atoms with Gasteiger partial charge in [0.2, 0.25) is 0 Å². The second-order valence-corrected chi connectivity index (χ2v) is 5.99. The summed E-state index contributed by atoms with van der Waals surface area (Å²) in [5, 5.41) is 2.92. The highest BCUT2D eigenvalue weighted by Crippen LogP contribution is 2.22. The zero-order chi connectivity index (χ0) is 18.1. The summed E-state index contributed by atoms with van der Waals surface area (Å²) in [6.45, 7) is 2.90. The standard InChI is InChI=1S/C19H18N6O/c1-3-25-8-7-20-17(25)13-5-4-6-15(9-13)23-19(26)14-10-16-18(21-11-14)24(2)12-22-16/h4-12H,3H2,1-2H3,(H,23,26). The number of nitrogens with zero attached hydrogens (tertiary/aromatic N) is 5. The van der Waals surface area contributed by atoms with Gasteiger partial charge in [-0.2, -0.15) is 0 Å². The van der Waals surface area contributed by atoms with Crippen LogP contribution in [0.2, 0.25) is 0 Å². The van der Waals surface area contributed by atoms with Crippen molar-refractivity contribution in [3.63, 3.8) is 0 Å². The van der Waals surface area contributed by atoms with Crippen LogP contribution in [-0.4, -0.2) is 30.0 Å². The van der Waals surface area contributed by atoms with Crippen LogP contribution in [0, 0.1) is 0 Å². The van der Waals surface area contributed by atoms with Crippen LogP contribution < -0.4 is 5.32 Å². The lowest BCUT2D eigenvalue weighted by Crippen LogP contribution is -2.12. The van der Waals surface area contributed by atoms with E-state index in [0.29, 0.717) is 16.8 Å². The van der Waals surface area contributed by atoms with Crippen LogP contribution in [0.25, 0.3) is 22.6 Å². The third-order valence-corrected chi connectivity index (χ3v) is 4.25. The van der Waals surface area contributed by atoms with E-state index in [4.69, 9.17) is 0 Å². The Bertz CT molecular complexity index is 1090. The zero-order valence-electron chi connectivity index (χ0n) is 14.5. The van der Waals surface area contributed by atoms with Gasteiger partial charge >= 0.3 is 0 Å². The number of carbonyl (C=O) groups excluding carboxylic acids is 1. The van der Waals surface area contributed by atoms with Gasteiger partial charge in [0.15, 0.2) is 5.65 Å². The number of fused-ring (bicyclic) bond motifs is 1. The van der Waals surface area contributed by atoms with Crippen molar-refractivity contribution in [1.29, 1.82) is 0 Å². The van der Waals surface area contributed by atoms with E-state index in [1.165, 1.54) is 0 Å². The topological polar surface area (TPSA) is 77.6 Å². The van der Waals surface area contributed by atoms with Crippen molar-refractivity contribution in [2.24, 2.45) is 7.05 Å². The fourth-order valence-corrected chi connectivity index (χ4v) is 2.90. The number of hydrogen-bond donors (Lipinski definition) is 1. The van der Waals surface area contributed by atoms with Crippen LogP contribution in [0.4, 0.5) is 5.69 Å². The van der Waals surface area contributed by atoms with Crippen LogP contribution >= 0.6 is 0 Å². The maximum absolute atomic E-state index is 12.6. The van der Waals surface area contributed by atoms with Gasteiger partial charge in [-0.1, -0.05) is 12.1 Å². The van der Waals surface area contributed by atoms with Crippen molar-refractivity contribution in [2.75, 3.05) is 5.32 Å². The van der Waals surface area contributed by atoms with E-state index in [1.54, 1.807) is 24.8 Å². The predicted molar refractivity (Wildman–Crippen MR) is 99.8 cm³/mol. The molecule has 0 aliphatic carbocycles. The Labute approximate surface area is 150 Å². The predicted octanol–water partition coefficient (Wildman–Crippen LogP) is 3.10. The Morgan fingerprint density at radius 2 is 2.08 bits per heavy atom. The van der Waals surface area contributed by atoms with E-state index < -0.39 is 0 Å². The first kappa shape index (κ1) is 16.0. The first-order valence-electron chi connectivity index (χ1n) is 8.35. The molecule has 0 saturated carbocycles. The monoisotopic (exact) mass is 346 g/mol. The quantitative estimate of drug-likeness (QED) is 0.616. The molecule has 0 spiro atoms. The molecule has 0 saturated heterocycles. The summed E-state index contributed by atoms with van der Waals surface area (Å²) >= 11 is 0. The van der Waals surface area contributed by atoms with Crippen LogP contribution in [0.5, 0.6) is 0 Å². The smallest absolute Gasteiger partial charge is 0.257 e. The molecule has 0 atom stereocenters. The van der Waals surface area contributed by atoms with Crippen LogP contribution in [0.15, 0.2) is 55.2 Å². The molecule has 7 nitrogen and oxygen atoms in total. The normalized spacial score (nSPS) is 11.0. The number of rotatable bonds is 4. The third-order valence-electron chi connectivity index (χ3n) is 4.25. The largest absolute Gasteiger partial charge is 0.331 e. The zero-order valence-corrected chi connectivity index (χ0v) is 14.5. The van der Waals surface area contributed by atoms with Crippen molar-refractivity contribution in [2.45, 2.75) is 13.5 Å². The highest BCUT2D eigenvalue weighted by atomic mass is 16.1. The summed E-state index contributed by atoms with van der Waals surface area (Å²) < 4.78 is 3.87. The lowest BCUT2D eigenvalue weighted by molar-refractivity contribution is 0.102. The number of pyridine rings is 1. The number of imidazole rings is 2. The number of hydrogen-bond acceptors (Lipinski definition) is 4. The summed E-state index contributed by atoms with van der Waals surface area (Å²) in [6, 6.07) is 9.39. The highest BCUT2D eigenvalue weighted by molar-refractivity contribution is 6.05. The number of nitrogens with one attached hydrogen (secondary N) is 1. The minimum absolute atomic E-state index is 0.221. The van der Waals surface area contributed by atoms with Gasteiger partial charge < -0.3 is 14.5 Å². The van der Waals surface area contributed by atoms with Crippen LogP contribution in [0.3, 0.4) is 0 Å². The van der Waals surface area contributed by atoms with Gasteiger partial charge in [-0.25, -0.2) is 15.0 Å². The summed E-state index contributed by atoms with van der Waals surface area (Å²) in [6.07, 6.45) is 6.96. The lowest BCUT2D eigenvalue weighted by atomic mass is 10.1. The number of amides is 1. The van der Waals surface area contributed by atoms with E-state index in [2.05, 4.69) is 31.8 Å². The number of aromatic nitrogens is 5. The molecule has 130 valence electrons. The summed E-state index contributed by atoms with van der Waals surface area (Å²) in [7, 11) is 1.87. The van der Waals surface area contributed by atoms with Gasteiger partial charge in [-0.15, -0.1) is 0 Å². The second kappa shape index (κ2) is 6.44.